The highest BCUT2D eigenvalue weighted by atomic mass is 15.3. The number of nitrogens with zero attached hydrogens (tertiary/aromatic N) is 2. The molecule has 0 atom stereocenters. The lowest BCUT2D eigenvalue weighted by atomic mass is 10.1. The Bertz CT molecular complexity index is 379. The molecule has 0 aliphatic carbocycles. The molecule has 0 heterocycles. The van der Waals surface area contributed by atoms with E-state index in [-0.39, 0.29) is 0 Å². The quantitative estimate of drug-likeness (QED) is 0.748. The number of quaternary nitrogens is 2. The molecule has 1 rings (SSSR count). The number of hydrogen-bond acceptors (Lipinski definition) is 1. The van der Waals surface area contributed by atoms with Crippen LogP contribution < -0.4 is 5.73 Å². The lowest BCUT2D eigenvalue weighted by Crippen LogP contribution is -2.42. The van der Waals surface area contributed by atoms with Gasteiger partial charge in [-0.15, -0.1) is 0 Å². The molecule has 0 fully saturated rings. The highest BCUT2D eigenvalue weighted by Crippen LogP contribution is 2.13. The second kappa shape index (κ2) is 6.51. The zero-order valence-electron chi connectivity index (χ0n) is 13.3. The van der Waals surface area contributed by atoms with E-state index in [2.05, 4.69) is 59.4 Å². The molecule has 1 aromatic rings. The Morgan fingerprint density at radius 3 is 1.63 bits per heavy atom. The van der Waals surface area contributed by atoms with E-state index in [9.17, 15) is 0 Å². The van der Waals surface area contributed by atoms with E-state index >= 15 is 0 Å². The molecule has 1 aromatic carbocycles. The first kappa shape index (κ1) is 16.2. The summed E-state index contributed by atoms with van der Waals surface area (Å²) in [4.78, 5) is 0. The average molecular weight is 265 g/mol. The number of rotatable bonds is 7. The monoisotopic (exact) mass is 265 g/mol. The third kappa shape index (κ3) is 5.72. The van der Waals surface area contributed by atoms with Crippen LogP contribution in [-0.2, 0) is 13.1 Å². The summed E-state index contributed by atoms with van der Waals surface area (Å²) in [5.74, 6) is 0. The van der Waals surface area contributed by atoms with Crippen molar-refractivity contribution in [3.8, 4) is 0 Å². The Morgan fingerprint density at radius 1 is 0.842 bits per heavy atom. The first-order valence-electron chi connectivity index (χ1n) is 7.20. The van der Waals surface area contributed by atoms with Crippen molar-refractivity contribution in [2.45, 2.75) is 20.0 Å². The van der Waals surface area contributed by atoms with E-state index < -0.39 is 0 Å². The van der Waals surface area contributed by atoms with E-state index in [4.69, 9.17) is 5.73 Å². The molecule has 0 saturated carbocycles. The van der Waals surface area contributed by atoms with Gasteiger partial charge in [0.05, 0.1) is 41.3 Å². The second-order valence-corrected chi connectivity index (χ2v) is 6.83. The van der Waals surface area contributed by atoms with Crippen molar-refractivity contribution < 1.29 is 8.97 Å². The summed E-state index contributed by atoms with van der Waals surface area (Å²) in [7, 11) is 9.01. The summed E-state index contributed by atoms with van der Waals surface area (Å²) in [6.45, 7) is 7.29. The summed E-state index contributed by atoms with van der Waals surface area (Å²) < 4.78 is 1.99. The van der Waals surface area contributed by atoms with Gasteiger partial charge in [0.1, 0.15) is 13.1 Å². The Labute approximate surface area is 118 Å². The number of benzene rings is 1. The van der Waals surface area contributed by atoms with E-state index in [1.807, 2.05) is 0 Å². The molecule has 0 aromatic heterocycles. The van der Waals surface area contributed by atoms with Gasteiger partial charge < -0.3 is 14.7 Å². The molecule has 0 amide bonds. The Hall–Kier alpha value is -0.900. The molecule has 3 nitrogen and oxygen atoms in total. The van der Waals surface area contributed by atoms with Crippen LogP contribution in [0.1, 0.15) is 18.1 Å². The summed E-state index contributed by atoms with van der Waals surface area (Å²) >= 11 is 0. The Morgan fingerprint density at radius 2 is 1.26 bits per heavy atom. The normalized spacial score (nSPS) is 12.7. The van der Waals surface area contributed by atoms with Crippen LogP contribution in [0.2, 0.25) is 0 Å². The van der Waals surface area contributed by atoms with Crippen molar-refractivity contribution in [2.24, 2.45) is 5.73 Å². The molecule has 3 heteroatoms. The molecule has 0 saturated heterocycles. The summed E-state index contributed by atoms with van der Waals surface area (Å²) in [6, 6.07) is 9.07. The number of nitrogens with two attached hydrogens (primary N) is 1. The molecule has 0 bridgehead atoms. The summed E-state index contributed by atoms with van der Waals surface area (Å²) in [5.41, 5.74) is 8.47. The van der Waals surface area contributed by atoms with E-state index in [0.29, 0.717) is 0 Å². The van der Waals surface area contributed by atoms with Gasteiger partial charge in [0.15, 0.2) is 0 Å². The average Bonchev–Trinajstić information content (AvgIpc) is 2.31. The van der Waals surface area contributed by atoms with Gasteiger partial charge in [-0.1, -0.05) is 24.3 Å². The first-order valence-corrected chi connectivity index (χ1v) is 7.20. The zero-order valence-corrected chi connectivity index (χ0v) is 13.3. The van der Waals surface area contributed by atoms with Gasteiger partial charge in [-0.25, -0.2) is 0 Å². The number of likely N-dealkylation sites (N-methyl/N-ethyl adjacent to an activating group) is 1. The van der Waals surface area contributed by atoms with Gasteiger partial charge >= 0.3 is 0 Å². The minimum Gasteiger partial charge on any atom is -0.326 e. The largest absolute Gasteiger partial charge is 0.326 e. The van der Waals surface area contributed by atoms with E-state index in [0.717, 1.165) is 41.7 Å². The minimum absolute atomic E-state index is 0.743. The van der Waals surface area contributed by atoms with Crippen LogP contribution in [0.5, 0.6) is 0 Å². The van der Waals surface area contributed by atoms with E-state index in [1.165, 1.54) is 11.1 Å². The van der Waals surface area contributed by atoms with E-state index in [1.54, 1.807) is 0 Å². The maximum atomic E-state index is 5.66. The first-order chi connectivity index (χ1) is 8.78. The molecule has 0 aliphatic rings. The molecular weight excluding hydrogens is 234 g/mol. The fourth-order valence-electron chi connectivity index (χ4n) is 2.28. The Kier molecular flexibility index (Phi) is 5.53. The fourth-order valence-corrected chi connectivity index (χ4v) is 2.28. The van der Waals surface area contributed by atoms with Crippen molar-refractivity contribution >= 4 is 0 Å². The van der Waals surface area contributed by atoms with Crippen molar-refractivity contribution in [1.29, 1.82) is 0 Å². The van der Waals surface area contributed by atoms with Crippen LogP contribution in [0, 0.1) is 0 Å². The smallest absolute Gasteiger partial charge is 0.104 e. The third-order valence-corrected chi connectivity index (χ3v) is 3.83. The van der Waals surface area contributed by atoms with Crippen molar-refractivity contribution in [3.05, 3.63) is 35.4 Å². The summed E-state index contributed by atoms with van der Waals surface area (Å²) in [5, 5.41) is 0. The molecule has 0 unspecified atom stereocenters. The molecule has 2 N–H and O–H groups in total. The van der Waals surface area contributed by atoms with Crippen molar-refractivity contribution in [2.75, 3.05) is 47.8 Å². The molecule has 0 spiro atoms. The van der Waals surface area contributed by atoms with Crippen LogP contribution in [0.25, 0.3) is 0 Å². The predicted octanol–water partition coefficient (Wildman–Crippen LogP) is 1.82. The highest BCUT2D eigenvalue weighted by Gasteiger charge is 2.16. The molecule has 19 heavy (non-hydrogen) atoms. The van der Waals surface area contributed by atoms with Crippen LogP contribution in [0.4, 0.5) is 0 Å². The molecular formula is C16H31N3+2. The van der Waals surface area contributed by atoms with Crippen molar-refractivity contribution in [3.63, 3.8) is 0 Å². The highest BCUT2D eigenvalue weighted by molar-refractivity contribution is 5.21. The summed E-state index contributed by atoms with van der Waals surface area (Å²) in [6.07, 6.45) is 0. The molecule has 0 aliphatic heterocycles. The molecule has 0 radical (unpaired) electrons. The topological polar surface area (TPSA) is 26.0 Å². The zero-order chi connectivity index (χ0) is 14.5. The fraction of sp³-hybridized carbons (Fsp3) is 0.625. The van der Waals surface area contributed by atoms with Gasteiger partial charge in [-0.3, -0.25) is 0 Å². The van der Waals surface area contributed by atoms with Crippen LogP contribution >= 0.6 is 0 Å². The van der Waals surface area contributed by atoms with Crippen LogP contribution in [0.15, 0.2) is 24.3 Å². The van der Waals surface area contributed by atoms with Crippen molar-refractivity contribution in [1.82, 2.24) is 0 Å². The van der Waals surface area contributed by atoms with Gasteiger partial charge in [0.2, 0.25) is 0 Å². The lowest BCUT2D eigenvalue weighted by molar-refractivity contribution is -0.902. The third-order valence-electron chi connectivity index (χ3n) is 3.83. The molecule has 108 valence electrons. The maximum absolute atomic E-state index is 5.66. The SMILES string of the molecule is CC[N+](C)(C)Cc1ccc(C[N+](C)(C)CCN)cc1. The standard InChI is InChI=1S/C16H31N3/c1-6-18(2,3)13-15-7-9-16(10-8-15)14-19(4,5)12-11-17/h7-10H,6,11-14,17H2,1-5H3/q+2. The van der Waals surface area contributed by atoms with Crippen LogP contribution in [-0.4, -0.2) is 56.8 Å². The Balaban J connectivity index is 2.67. The van der Waals surface area contributed by atoms with Gasteiger partial charge in [0, 0.05) is 17.7 Å². The second-order valence-electron chi connectivity index (χ2n) is 6.83. The minimum atomic E-state index is 0.743. The van der Waals surface area contributed by atoms with Gasteiger partial charge in [-0.05, 0) is 6.92 Å². The lowest BCUT2D eigenvalue weighted by Gasteiger charge is -2.30. The number of hydrogen-bond donors (Lipinski definition) is 1. The maximum Gasteiger partial charge on any atom is 0.104 e. The van der Waals surface area contributed by atoms with Gasteiger partial charge in [-0.2, -0.15) is 0 Å². The van der Waals surface area contributed by atoms with Crippen LogP contribution in [0.3, 0.4) is 0 Å². The predicted molar refractivity (Wildman–Crippen MR) is 82.5 cm³/mol. The van der Waals surface area contributed by atoms with Gasteiger partial charge in [0.25, 0.3) is 0 Å².